The largest absolute Gasteiger partial charge is 0.370 e. The molecule has 7 N–H and O–H groups in total. The first kappa shape index (κ1) is 13.6. The zero-order valence-corrected chi connectivity index (χ0v) is 11.0. The number of nitrogens with two attached hydrogens (primary N) is 2. The fourth-order valence-corrected chi connectivity index (χ4v) is 2.22. The monoisotopic (exact) mass is 267 g/mol. The van der Waals surface area contributed by atoms with Crippen LogP contribution in [0.25, 0.3) is 16.8 Å². The smallest absolute Gasteiger partial charge is 0.192 e. The molecule has 0 spiro atoms. The minimum atomic E-state index is -0.312. The van der Waals surface area contributed by atoms with E-state index in [1.54, 1.807) is 0 Å². The zero-order valence-electron chi connectivity index (χ0n) is 11.0. The van der Waals surface area contributed by atoms with E-state index in [0.717, 1.165) is 6.42 Å². The summed E-state index contributed by atoms with van der Waals surface area (Å²) in [4.78, 5) is 0. The highest BCUT2D eigenvalue weighted by Crippen LogP contribution is 2.27. The normalized spacial score (nSPS) is 11.4. The van der Waals surface area contributed by atoms with E-state index in [1.807, 2.05) is 5.32 Å². The van der Waals surface area contributed by atoms with Gasteiger partial charge in [0.2, 0.25) is 0 Å². The molecule has 5 heteroatoms. The maximum Gasteiger partial charge on any atom is 0.192 e. The second-order valence-electron chi connectivity index (χ2n) is 4.42. The van der Waals surface area contributed by atoms with Crippen molar-refractivity contribution in [2.45, 2.75) is 6.42 Å². The fourth-order valence-electron chi connectivity index (χ4n) is 2.22. The van der Waals surface area contributed by atoms with Crippen LogP contribution in [0.15, 0.2) is 42.5 Å². The zero-order chi connectivity index (χ0) is 14.5. The van der Waals surface area contributed by atoms with Crippen molar-refractivity contribution < 1.29 is 0 Å². The van der Waals surface area contributed by atoms with Crippen LogP contribution in [0, 0.1) is 10.8 Å². The third-order valence-corrected chi connectivity index (χ3v) is 2.93. The van der Waals surface area contributed by atoms with Gasteiger partial charge >= 0.3 is 0 Å². The molecule has 1 aliphatic carbocycles. The summed E-state index contributed by atoms with van der Waals surface area (Å²) in [7, 11) is 0. The van der Waals surface area contributed by atoms with E-state index in [0.29, 0.717) is 0 Å². The molecule has 0 heterocycles. The summed E-state index contributed by atoms with van der Waals surface area (Å²) < 4.78 is 0. The SMILES string of the molecule is C1=Cc2cccc3cccc(c23)C1.N=C(N)NC(=N)N. The van der Waals surface area contributed by atoms with Gasteiger partial charge in [-0.25, -0.2) is 0 Å². The van der Waals surface area contributed by atoms with E-state index in [2.05, 4.69) is 48.6 Å². The Balaban J connectivity index is 0.000000182. The summed E-state index contributed by atoms with van der Waals surface area (Å²) in [5, 5.41) is 17.8. The van der Waals surface area contributed by atoms with E-state index < -0.39 is 0 Å². The molecule has 0 unspecified atom stereocenters. The predicted octanol–water partition coefficient (Wildman–Crippen LogP) is 1.77. The Bertz CT molecular complexity index is 670. The number of guanidine groups is 2. The lowest BCUT2D eigenvalue weighted by molar-refractivity contribution is 1.19. The molecular formula is C15H17N5. The molecule has 0 saturated carbocycles. The van der Waals surface area contributed by atoms with Crippen molar-refractivity contribution in [3.63, 3.8) is 0 Å². The Hall–Kier alpha value is -2.82. The maximum atomic E-state index is 6.47. The van der Waals surface area contributed by atoms with Gasteiger partial charge in [-0.3, -0.25) is 16.1 Å². The average Bonchev–Trinajstić information content (AvgIpc) is 2.39. The average molecular weight is 267 g/mol. The molecule has 0 fully saturated rings. The van der Waals surface area contributed by atoms with Gasteiger partial charge in [0.1, 0.15) is 0 Å². The van der Waals surface area contributed by atoms with Crippen molar-refractivity contribution in [1.82, 2.24) is 5.32 Å². The Labute approximate surface area is 117 Å². The molecule has 2 aromatic carbocycles. The molecule has 0 saturated heterocycles. The van der Waals surface area contributed by atoms with Gasteiger partial charge in [0, 0.05) is 0 Å². The van der Waals surface area contributed by atoms with Crippen LogP contribution in [-0.4, -0.2) is 11.9 Å². The topological polar surface area (TPSA) is 112 Å². The van der Waals surface area contributed by atoms with Gasteiger partial charge in [-0.15, -0.1) is 0 Å². The Morgan fingerprint density at radius 2 is 1.65 bits per heavy atom. The minimum absolute atomic E-state index is 0.312. The molecular weight excluding hydrogens is 250 g/mol. The van der Waals surface area contributed by atoms with Crippen LogP contribution >= 0.6 is 0 Å². The molecule has 5 nitrogen and oxygen atoms in total. The van der Waals surface area contributed by atoms with Gasteiger partial charge in [-0.05, 0) is 28.3 Å². The highest BCUT2D eigenvalue weighted by Gasteiger charge is 2.06. The molecule has 0 radical (unpaired) electrons. The number of benzene rings is 2. The van der Waals surface area contributed by atoms with Crippen molar-refractivity contribution >= 4 is 28.8 Å². The van der Waals surface area contributed by atoms with E-state index in [-0.39, 0.29) is 11.9 Å². The molecule has 0 aromatic heterocycles. The van der Waals surface area contributed by atoms with Gasteiger partial charge in [-0.1, -0.05) is 48.6 Å². The summed E-state index contributed by atoms with van der Waals surface area (Å²) >= 11 is 0. The van der Waals surface area contributed by atoms with Gasteiger partial charge in [0.15, 0.2) is 11.9 Å². The molecule has 0 aliphatic heterocycles. The molecule has 20 heavy (non-hydrogen) atoms. The third kappa shape index (κ3) is 3.14. The maximum absolute atomic E-state index is 6.47. The fraction of sp³-hybridized carbons (Fsp3) is 0.0667. The summed E-state index contributed by atoms with van der Waals surface area (Å²) in [6.07, 6.45) is 5.53. The third-order valence-electron chi connectivity index (χ3n) is 2.93. The van der Waals surface area contributed by atoms with Crippen LogP contribution in [0.4, 0.5) is 0 Å². The lowest BCUT2D eigenvalue weighted by atomic mass is 9.93. The van der Waals surface area contributed by atoms with Gasteiger partial charge in [0.05, 0.1) is 0 Å². The van der Waals surface area contributed by atoms with Crippen molar-refractivity contribution in [3.8, 4) is 0 Å². The molecule has 3 rings (SSSR count). The number of rotatable bonds is 0. The highest BCUT2D eigenvalue weighted by atomic mass is 15.1. The first-order valence-electron chi connectivity index (χ1n) is 6.20. The first-order chi connectivity index (χ1) is 9.58. The second kappa shape index (κ2) is 5.88. The minimum Gasteiger partial charge on any atom is -0.370 e. The first-order valence-corrected chi connectivity index (χ1v) is 6.20. The highest BCUT2D eigenvalue weighted by molar-refractivity contribution is 5.95. The number of allylic oxidation sites excluding steroid dienone is 1. The molecule has 102 valence electrons. The molecule has 2 aromatic rings. The summed E-state index contributed by atoms with van der Waals surface area (Å²) in [5.74, 6) is -0.625. The van der Waals surface area contributed by atoms with Crippen LogP contribution in [0.1, 0.15) is 11.1 Å². The summed E-state index contributed by atoms with van der Waals surface area (Å²) in [6.45, 7) is 0. The Kier molecular flexibility index (Phi) is 4.00. The molecule has 0 amide bonds. The molecule has 0 bridgehead atoms. The van der Waals surface area contributed by atoms with Crippen LogP contribution in [0.3, 0.4) is 0 Å². The lowest BCUT2D eigenvalue weighted by Gasteiger charge is -2.11. The number of nitrogens with one attached hydrogen (secondary N) is 3. The molecule has 0 atom stereocenters. The number of hydrogen-bond acceptors (Lipinski definition) is 2. The standard InChI is InChI=1S/C13H10.C2H7N5/c1-4-10-6-2-8-12-9-3-7-11(5-1)13(10)12;3-1(4)7-2(5)6/h1-8H,9H2;(H7,3,4,5,6,7). The van der Waals surface area contributed by atoms with Crippen molar-refractivity contribution in [2.24, 2.45) is 11.5 Å². The van der Waals surface area contributed by atoms with Crippen molar-refractivity contribution in [2.75, 3.05) is 0 Å². The Morgan fingerprint density at radius 1 is 1.00 bits per heavy atom. The van der Waals surface area contributed by atoms with Crippen molar-refractivity contribution in [3.05, 3.63) is 53.6 Å². The van der Waals surface area contributed by atoms with Gasteiger partial charge < -0.3 is 11.5 Å². The van der Waals surface area contributed by atoms with E-state index in [9.17, 15) is 0 Å². The Morgan fingerprint density at radius 3 is 2.25 bits per heavy atom. The van der Waals surface area contributed by atoms with E-state index >= 15 is 0 Å². The van der Waals surface area contributed by atoms with Crippen LogP contribution in [0.5, 0.6) is 0 Å². The summed E-state index contributed by atoms with van der Waals surface area (Å²) in [5.41, 5.74) is 12.3. The number of hydrogen-bond donors (Lipinski definition) is 5. The second-order valence-corrected chi connectivity index (χ2v) is 4.42. The van der Waals surface area contributed by atoms with Gasteiger partial charge in [0.25, 0.3) is 0 Å². The van der Waals surface area contributed by atoms with Crippen LogP contribution < -0.4 is 16.8 Å². The quantitative estimate of drug-likeness (QED) is 0.370. The predicted molar refractivity (Wildman–Crippen MR) is 83.6 cm³/mol. The lowest BCUT2D eigenvalue weighted by Crippen LogP contribution is -2.39. The van der Waals surface area contributed by atoms with E-state index in [4.69, 9.17) is 22.3 Å². The van der Waals surface area contributed by atoms with Crippen LogP contribution in [0.2, 0.25) is 0 Å². The van der Waals surface area contributed by atoms with Gasteiger partial charge in [-0.2, -0.15) is 0 Å². The molecule has 1 aliphatic rings. The summed E-state index contributed by atoms with van der Waals surface area (Å²) in [6, 6.07) is 13.0. The van der Waals surface area contributed by atoms with Crippen molar-refractivity contribution in [1.29, 1.82) is 10.8 Å². The van der Waals surface area contributed by atoms with E-state index in [1.165, 1.54) is 21.9 Å². The van der Waals surface area contributed by atoms with Crippen LogP contribution in [-0.2, 0) is 6.42 Å².